The van der Waals surface area contributed by atoms with E-state index in [1.54, 1.807) is 0 Å². The van der Waals surface area contributed by atoms with Crippen molar-refractivity contribution in [2.24, 2.45) is 0 Å². The topological polar surface area (TPSA) is 52.6 Å². The van der Waals surface area contributed by atoms with Gasteiger partial charge < -0.3 is 8.61 Å². The number of hydrogen-bond donors (Lipinski definition) is 0. The van der Waals surface area contributed by atoms with Crippen molar-refractivity contribution in [2.75, 3.05) is 0 Å². The first-order valence-corrected chi connectivity index (χ1v) is 12.0. The number of alkyl halides is 3. The highest BCUT2D eigenvalue weighted by Gasteiger charge is 2.48. The molecule has 0 unspecified atom stereocenters. The van der Waals surface area contributed by atoms with Crippen LogP contribution in [0.15, 0.2) is 24.3 Å². The average Bonchev–Trinajstić information content (AvgIpc) is 2.46. The molecule has 0 heterocycles. The Bertz CT molecular complexity index is 661. The van der Waals surface area contributed by atoms with Crippen LogP contribution in [-0.4, -0.2) is 22.2 Å². The molecule has 0 aliphatic rings. The van der Waals surface area contributed by atoms with Gasteiger partial charge in [-0.3, -0.25) is 0 Å². The summed E-state index contributed by atoms with van der Waals surface area (Å²) in [6.07, 6.45) is 0. The van der Waals surface area contributed by atoms with Gasteiger partial charge in [0.1, 0.15) is 5.75 Å². The second-order valence-electron chi connectivity index (χ2n) is 7.23. The first kappa shape index (κ1) is 23.0. The Labute approximate surface area is 155 Å². The Morgan fingerprint density at radius 3 is 1.69 bits per heavy atom. The van der Waals surface area contributed by atoms with Crippen LogP contribution >= 0.6 is 0 Å². The van der Waals surface area contributed by atoms with Crippen molar-refractivity contribution in [2.45, 2.75) is 70.3 Å². The van der Waals surface area contributed by atoms with Gasteiger partial charge in [0.15, 0.2) is 0 Å². The summed E-state index contributed by atoms with van der Waals surface area (Å²) < 4.78 is 69.6. The van der Waals surface area contributed by atoms with E-state index >= 15 is 0 Å². The smallest absolute Gasteiger partial charge is 0.412 e. The third-order valence-electron chi connectivity index (χ3n) is 4.61. The molecular formula is C17H27F3O4SSi. The summed E-state index contributed by atoms with van der Waals surface area (Å²) in [6, 6.07) is 5.43. The molecule has 0 saturated carbocycles. The van der Waals surface area contributed by atoms with E-state index in [4.69, 9.17) is 4.43 Å². The SMILES string of the molecule is CC(C)[Si](OCc1ccc(OS(=O)(=O)C(F)(F)F)cc1)(C(C)C)C(C)C. The molecule has 26 heavy (non-hydrogen) atoms. The highest BCUT2D eigenvalue weighted by atomic mass is 32.2. The molecule has 0 aliphatic carbocycles. The van der Waals surface area contributed by atoms with Gasteiger partial charge in [-0.2, -0.15) is 21.6 Å². The van der Waals surface area contributed by atoms with Gasteiger partial charge in [-0.1, -0.05) is 53.7 Å². The van der Waals surface area contributed by atoms with E-state index in [1.165, 1.54) is 24.3 Å². The zero-order valence-corrected chi connectivity index (χ0v) is 17.7. The van der Waals surface area contributed by atoms with Crippen molar-refractivity contribution >= 4 is 18.4 Å². The predicted octanol–water partition coefficient (Wildman–Crippen LogP) is 5.61. The van der Waals surface area contributed by atoms with Crippen molar-refractivity contribution in [1.29, 1.82) is 0 Å². The molecule has 1 aromatic carbocycles. The van der Waals surface area contributed by atoms with E-state index in [0.717, 1.165) is 5.56 Å². The highest BCUT2D eigenvalue weighted by Crippen LogP contribution is 2.42. The van der Waals surface area contributed by atoms with Crippen LogP contribution in [0.1, 0.15) is 47.1 Å². The largest absolute Gasteiger partial charge is 0.534 e. The van der Waals surface area contributed by atoms with Gasteiger partial charge in [0.2, 0.25) is 8.32 Å². The van der Waals surface area contributed by atoms with Gasteiger partial charge in [-0.05, 0) is 34.3 Å². The zero-order chi connectivity index (χ0) is 20.3. The second kappa shape index (κ2) is 8.31. The average molecular weight is 413 g/mol. The molecule has 0 aromatic heterocycles. The molecule has 0 aliphatic heterocycles. The molecule has 0 N–H and O–H groups in total. The summed E-state index contributed by atoms with van der Waals surface area (Å²) in [4.78, 5) is 0. The molecule has 9 heteroatoms. The van der Waals surface area contributed by atoms with Crippen LogP contribution in [0.25, 0.3) is 0 Å². The van der Waals surface area contributed by atoms with Gasteiger partial charge >= 0.3 is 15.6 Å². The van der Waals surface area contributed by atoms with E-state index in [1.807, 2.05) is 0 Å². The number of hydrogen-bond acceptors (Lipinski definition) is 4. The van der Waals surface area contributed by atoms with Crippen LogP contribution in [-0.2, 0) is 21.2 Å². The summed E-state index contributed by atoms with van der Waals surface area (Å²) in [5, 5.41) is 0. The fourth-order valence-electron chi connectivity index (χ4n) is 3.52. The molecule has 0 atom stereocenters. The van der Waals surface area contributed by atoms with Crippen LogP contribution in [0.4, 0.5) is 13.2 Å². The summed E-state index contributed by atoms with van der Waals surface area (Å²) in [6.45, 7) is 13.3. The number of rotatable bonds is 8. The molecular weight excluding hydrogens is 385 g/mol. The van der Waals surface area contributed by atoms with Crippen LogP contribution in [0.3, 0.4) is 0 Å². The lowest BCUT2D eigenvalue weighted by atomic mass is 10.2. The molecule has 150 valence electrons. The standard InChI is InChI=1S/C17H27F3O4SSi/c1-12(2)26(13(3)4,14(5)6)23-11-15-7-9-16(10-8-15)24-25(21,22)17(18,19)20/h7-10,12-14H,11H2,1-6H3. The maximum atomic E-state index is 12.3. The highest BCUT2D eigenvalue weighted by molar-refractivity contribution is 7.88. The van der Waals surface area contributed by atoms with Crippen LogP contribution < -0.4 is 4.18 Å². The monoisotopic (exact) mass is 412 g/mol. The minimum absolute atomic E-state index is 0.326. The summed E-state index contributed by atoms with van der Waals surface area (Å²) in [5.41, 5.74) is -3.49. The fraction of sp³-hybridized carbons (Fsp3) is 0.647. The van der Waals surface area contributed by atoms with Gasteiger partial charge in [0.05, 0.1) is 6.61 Å². The zero-order valence-electron chi connectivity index (χ0n) is 15.9. The first-order chi connectivity index (χ1) is 11.7. The van der Waals surface area contributed by atoms with Crippen molar-refractivity contribution in [3.8, 4) is 5.75 Å². The molecule has 0 bridgehead atoms. The predicted molar refractivity (Wildman–Crippen MR) is 97.9 cm³/mol. The van der Waals surface area contributed by atoms with Crippen LogP contribution in [0.5, 0.6) is 5.75 Å². The minimum Gasteiger partial charge on any atom is -0.412 e. The van der Waals surface area contributed by atoms with E-state index in [9.17, 15) is 21.6 Å². The second-order valence-corrected chi connectivity index (χ2v) is 14.2. The van der Waals surface area contributed by atoms with Crippen molar-refractivity contribution in [1.82, 2.24) is 0 Å². The Kier molecular flexibility index (Phi) is 7.34. The third kappa shape index (κ3) is 5.01. The summed E-state index contributed by atoms with van der Waals surface area (Å²) >= 11 is 0. The van der Waals surface area contributed by atoms with Crippen LogP contribution in [0.2, 0.25) is 16.6 Å². The molecule has 0 spiro atoms. The fourth-order valence-corrected chi connectivity index (χ4v) is 9.40. The van der Waals surface area contributed by atoms with Crippen molar-refractivity contribution < 1.29 is 30.2 Å². The van der Waals surface area contributed by atoms with Gasteiger partial charge in [0, 0.05) is 0 Å². The van der Waals surface area contributed by atoms with E-state index < -0.39 is 23.9 Å². The molecule has 0 radical (unpaired) electrons. The minimum atomic E-state index is -5.66. The van der Waals surface area contributed by atoms with Crippen LogP contribution in [0, 0.1) is 0 Å². The summed E-state index contributed by atoms with van der Waals surface area (Å²) in [5.74, 6) is -0.383. The lowest BCUT2D eigenvalue weighted by molar-refractivity contribution is -0.0500. The number of benzene rings is 1. The molecule has 0 saturated heterocycles. The van der Waals surface area contributed by atoms with E-state index in [2.05, 4.69) is 45.7 Å². The van der Waals surface area contributed by atoms with Gasteiger partial charge in [-0.15, -0.1) is 0 Å². The molecule has 0 fully saturated rings. The van der Waals surface area contributed by atoms with Gasteiger partial charge in [0.25, 0.3) is 0 Å². The number of halogens is 3. The quantitative estimate of drug-likeness (QED) is 0.316. The Hall–Kier alpha value is -1.06. The molecule has 1 rings (SSSR count). The molecule has 1 aromatic rings. The maximum Gasteiger partial charge on any atom is 0.534 e. The maximum absolute atomic E-state index is 12.3. The van der Waals surface area contributed by atoms with Crippen molar-refractivity contribution in [3.63, 3.8) is 0 Å². The van der Waals surface area contributed by atoms with E-state index in [0.29, 0.717) is 23.2 Å². The first-order valence-electron chi connectivity index (χ1n) is 8.47. The third-order valence-corrected chi connectivity index (χ3v) is 11.6. The lowest BCUT2D eigenvalue weighted by Crippen LogP contribution is -2.47. The van der Waals surface area contributed by atoms with Crippen molar-refractivity contribution in [3.05, 3.63) is 29.8 Å². The Morgan fingerprint density at radius 2 is 1.35 bits per heavy atom. The molecule has 0 amide bonds. The van der Waals surface area contributed by atoms with Gasteiger partial charge in [-0.25, -0.2) is 0 Å². The van der Waals surface area contributed by atoms with E-state index in [-0.39, 0.29) is 5.75 Å². The normalized spacial score (nSPS) is 13.7. The lowest BCUT2D eigenvalue weighted by Gasteiger charge is -2.42. The molecule has 4 nitrogen and oxygen atoms in total. The Morgan fingerprint density at radius 1 is 0.923 bits per heavy atom. The summed E-state index contributed by atoms with van der Waals surface area (Å²) in [7, 11) is -7.72. The Balaban J connectivity index is 2.91.